The first kappa shape index (κ1) is 65.6. The largest absolute Gasteiger partial charge is 0.530 e. The first-order valence-electron chi connectivity index (χ1n) is 27.6. The molecule has 0 saturated carbocycles. The number of benzene rings is 12. The van der Waals surface area contributed by atoms with Gasteiger partial charge in [0.1, 0.15) is 69.0 Å². The molecule has 0 aliphatic heterocycles. The molecule has 0 heterocycles. The molecule has 12 aromatic carbocycles. The van der Waals surface area contributed by atoms with Crippen LogP contribution in [0.15, 0.2) is 364 Å². The standard InChI is InChI=1S/4C18H15O3P.Ru/c4*1-4-10-16(11-5-1)19-22(20-17-12-6-2-7-13-17)21-18-14-8-3-9-15-18;/h4*1-15H;. The number of para-hydroxylation sites is 12. The summed E-state index contributed by atoms with van der Waals surface area (Å²) in [4.78, 5) is 0. The van der Waals surface area contributed by atoms with Crippen LogP contribution >= 0.6 is 34.4 Å². The summed E-state index contributed by atoms with van der Waals surface area (Å²) >= 11 is 0. The van der Waals surface area contributed by atoms with E-state index in [1.54, 1.807) is 0 Å². The second-order valence-electron chi connectivity index (χ2n) is 17.7. The third-order valence-corrected chi connectivity index (χ3v) is 15.4. The van der Waals surface area contributed by atoms with Crippen LogP contribution in [0.5, 0.6) is 69.0 Å². The van der Waals surface area contributed by atoms with Crippen molar-refractivity contribution in [2.45, 2.75) is 0 Å². The second kappa shape index (κ2) is 38.7. The average Bonchev–Trinajstić information content (AvgIpc) is 3.73. The van der Waals surface area contributed by atoms with Crippen LogP contribution in [0.3, 0.4) is 0 Å². The molecule has 12 aromatic rings. The molecule has 0 bridgehead atoms. The maximum Gasteiger partial charge on any atom is 0.530 e. The van der Waals surface area contributed by atoms with Crippen LogP contribution < -0.4 is 54.3 Å². The molecule has 448 valence electrons. The van der Waals surface area contributed by atoms with Crippen molar-refractivity contribution in [2.24, 2.45) is 0 Å². The van der Waals surface area contributed by atoms with Crippen LogP contribution in [-0.2, 0) is 19.5 Å². The van der Waals surface area contributed by atoms with Crippen LogP contribution in [0.25, 0.3) is 0 Å². The van der Waals surface area contributed by atoms with Gasteiger partial charge in [-0.25, -0.2) is 0 Å². The monoisotopic (exact) mass is 1340 g/mol. The fourth-order valence-corrected chi connectivity index (χ4v) is 11.0. The molecule has 0 saturated heterocycles. The Morgan fingerprint density at radius 3 is 0.247 bits per heavy atom. The zero-order valence-corrected chi connectivity index (χ0v) is 53.0. The summed E-state index contributed by atoms with van der Waals surface area (Å²) in [6.07, 6.45) is 0. The van der Waals surface area contributed by atoms with Crippen LogP contribution in [0.1, 0.15) is 0 Å². The Bertz CT molecular complexity index is 2810. The summed E-state index contributed by atoms with van der Waals surface area (Å²) in [5, 5.41) is 0. The van der Waals surface area contributed by atoms with Gasteiger partial charge in [-0.05, 0) is 146 Å². The summed E-state index contributed by atoms with van der Waals surface area (Å²) in [5.74, 6) is 8.51. The summed E-state index contributed by atoms with van der Waals surface area (Å²) in [6.45, 7) is 0. The van der Waals surface area contributed by atoms with Gasteiger partial charge in [-0.15, -0.1) is 0 Å². The van der Waals surface area contributed by atoms with E-state index >= 15 is 0 Å². The Morgan fingerprint density at radius 1 is 0.112 bits per heavy atom. The molecule has 0 N–H and O–H groups in total. The molecule has 12 rings (SSSR count). The molecular formula is C72H60O12P4Ru. The predicted molar refractivity (Wildman–Crippen MR) is 353 cm³/mol. The number of hydrogen-bond acceptors (Lipinski definition) is 12. The van der Waals surface area contributed by atoms with E-state index in [9.17, 15) is 0 Å². The molecule has 0 aliphatic rings. The van der Waals surface area contributed by atoms with Gasteiger partial charge < -0.3 is 54.3 Å². The summed E-state index contributed by atoms with van der Waals surface area (Å²) in [6, 6.07) is 114. The Morgan fingerprint density at radius 2 is 0.180 bits per heavy atom. The van der Waals surface area contributed by atoms with Gasteiger partial charge >= 0.3 is 34.4 Å². The minimum absolute atomic E-state index is 0. The van der Waals surface area contributed by atoms with E-state index in [1.807, 2.05) is 364 Å². The minimum Gasteiger partial charge on any atom is -0.409 e. The van der Waals surface area contributed by atoms with E-state index in [0.717, 1.165) is 0 Å². The van der Waals surface area contributed by atoms with Gasteiger partial charge in [0.05, 0.1) is 0 Å². The van der Waals surface area contributed by atoms with Crippen LogP contribution in [-0.4, -0.2) is 0 Å². The average molecular weight is 1340 g/mol. The van der Waals surface area contributed by atoms with Gasteiger partial charge in [0, 0.05) is 19.5 Å². The van der Waals surface area contributed by atoms with E-state index in [0.29, 0.717) is 69.0 Å². The fraction of sp³-hybridized carbons (Fsp3) is 0. The quantitative estimate of drug-likeness (QED) is 0.0424. The third kappa shape index (κ3) is 25.4. The van der Waals surface area contributed by atoms with E-state index < -0.39 is 34.4 Å². The number of rotatable bonds is 24. The Kier molecular flexibility index (Phi) is 28.5. The smallest absolute Gasteiger partial charge is 0.409 e. The van der Waals surface area contributed by atoms with Gasteiger partial charge in [-0.2, -0.15) is 0 Å². The summed E-state index contributed by atoms with van der Waals surface area (Å²) < 4.78 is 70.1. The first-order chi connectivity index (χ1) is 43.6. The Hall–Kier alpha value is -9.42. The van der Waals surface area contributed by atoms with Crippen molar-refractivity contribution >= 4 is 34.4 Å². The molecule has 0 radical (unpaired) electrons. The van der Waals surface area contributed by atoms with Gasteiger partial charge in [0.2, 0.25) is 0 Å². The molecule has 0 atom stereocenters. The Labute approximate surface area is 537 Å². The molecule has 0 aromatic heterocycles. The van der Waals surface area contributed by atoms with Crippen molar-refractivity contribution in [2.75, 3.05) is 0 Å². The van der Waals surface area contributed by atoms with Crippen LogP contribution in [0.2, 0.25) is 0 Å². The van der Waals surface area contributed by atoms with Crippen LogP contribution in [0, 0.1) is 0 Å². The molecule has 0 unspecified atom stereocenters. The first-order valence-corrected chi connectivity index (χ1v) is 32.0. The maximum absolute atomic E-state index is 5.84. The van der Waals surface area contributed by atoms with E-state index in [-0.39, 0.29) is 19.5 Å². The Balaban J connectivity index is 0.000000153. The zero-order chi connectivity index (χ0) is 60.1. The van der Waals surface area contributed by atoms with Gasteiger partial charge in [-0.3, -0.25) is 0 Å². The van der Waals surface area contributed by atoms with Gasteiger partial charge in [-0.1, -0.05) is 218 Å². The van der Waals surface area contributed by atoms with Crippen molar-refractivity contribution in [1.82, 2.24) is 0 Å². The third-order valence-electron chi connectivity index (χ3n) is 11.1. The van der Waals surface area contributed by atoms with Crippen molar-refractivity contribution in [3.05, 3.63) is 364 Å². The predicted octanol–water partition coefficient (Wildman–Crippen LogP) is 21.8. The van der Waals surface area contributed by atoms with Gasteiger partial charge in [0.15, 0.2) is 0 Å². The zero-order valence-electron chi connectivity index (χ0n) is 47.7. The second-order valence-corrected chi connectivity index (χ2v) is 21.7. The van der Waals surface area contributed by atoms with E-state index in [4.69, 9.17) is 54.3 Å². The van der Waals surface area contributed by atoms with E-state index in [1.165, 1.54) is 0 Å². The molecular weight excluding hydrogens is 1280 g/mol. The molecule has 0 fully saturated rings. The number of hydrogen-bond donors (Lipinski definition) is 0. The molecule has 17 heteroatoms. The summed E-state index contributed by atoms with van der Waals surface area (Å²) in [5.41, 5.74) is 0. The fourth-order valence-electron chi connectivity index (χ4n) is 7.03. The summed E-state index contributed by atoms with van der Waals surface area (Å²) in [7, 11) is -6.36. The van der Waals surface area contributed by atoms with Crippen molar-refractivity contribution in [3.8, 4) is 69.0 Å². The normalized spacial score (nSPS) is 10.1. The van der Waals surface area contributed by atoms with Crippen molar-refractivity contribution in [3.63, 3.8) is 0 Å². The SMILES string of the molecule is [Ru].c1ccc(OP(Oc2ccccc2)Oc2ccccc2)cc1.c1ccc(OP(Oc2ccccc2)Oc2ccccc2)cc1.c1ccc(OP(Oc2ccccc2)Oc2ccccc2)cc1.c1ccc(OP(Oc2ccccc2)Oc2ccccc2)cc1. The van der Waals surface area contributed by atoms with Crippen molar-refractivity contribution in [1.29, 1.82) is 0 Å². The minimum atomic E-state index is -1.59. The molecule has 89 heavy (non-hydrogen) atoms. The topological polar surface area (TPSA) is 111 Å². The van der Waals surface area contributed by atoms with E-state index in [2.05, 4.69) is 0 Å². The maximum atomic E-state index is 5.84. The van der Waals surface area contributed by atoms with Crippen LogP contribution in [0.4, 0.5) is 0 Å². The van der Waals surface area contributed by atoms with Gasteiger partial charge in [0.25, 0.3) is 0 Å². The van der Waals surface area contributed by atoms with Crippen molar-refractivity contribution < 1.29 is 73.8 Å². The molecule has 0 spiro atoms. The molecule has 0 amide bonds. The molecule has 0 aliphatic carbocycles. The molecule has 12 nitrogen and oxygen atoms in total.